The van der Waals surface area contributed by atoms with Gasteiger partial charge in [-0.2, -0.15) is 4.39 Å². The molecule has 2 unspecified atom stereocenters. The number of furan rings is 1. The lowest BCUT2D eigenvalue weighted by molar-refractivity contribution is -0.0413. The Labute approximate surface area is 157 Å². The Kier molecular flexibility index (Phi) is 5.04. The molecular weight excluding hydrogens is 350 g/mol. The van der Waals surface area contributed by atoms with Crippen LogP contribution in [0.3, 0.4) is 0 Å². The van der Waals surface area contributed by atoms with E-state index < -0.39 is 17.9 Å². The Morgan fingerprint density at radius 1 is 1.00 bits per heavy atom. The summed E-state index contributed by atoms with van der Waals surface area (Å²) in [6, 6.07) is 6.83. The lowest BCUT2D eigenvalue weighted by Crippen LogP contribution is -2.15. The van der Waals surface area contributed by atoms with Crippen LogP contribution in [0.5, 0.6) is 5.75 Å². The summed E-state index contributed by atoms with van der Waals surface area (Å²) in [6.45, 7) is 4.76. The van der Waals surface area contributed by atoms with Crippen LogP contribution < -0.4 is 4.74 Å². The third-order valence-electron chi connectivity index (χ3n) is 5.25. The zero-order valence-electron chi connectivity index (χ0n) is 15.7. The number of aryl methyl sites for hydroxylation is 1. The number of rotatable bonds is 6. The molecule has 4 rings (SSSR count). The van der Waals surface area contributed by atoms with Crippen LogP contribution in [0, 0.1) is 17.6 Å². The number of halogens is 2. The van der Waals surface area contributed by atoms with E-state index in [4.69, 9.17) is 13.9 Å². The van der Waals surface area contributed by atoms with E-state index in [-0.39, 0.29) is 16.9 Å². The van der Waals surface area contributed by atoms with Crippen molar-refractivity contribution >= 4 is 21.9 Å². The summed E-state index contributed by atoms with van der Waals surface area (Å²) in [5, 5.41) is 1.13. The summed E-state index contributed by atoms with van der Waals surface area (Å²) in [4.78, 5) is 0. The van der Waals surface area contributed by atoms with E-state index in [1.165, 1.54) is 0 Å². The van der Waals surface area contributed by atoms with E-state index in [1.807, 2.05) is 6.92 Å². The van der Waals surface area contributed by atoms with Crippen molar-refractivity contribution in [2.45, 2.75) is 52.2 Å². The molecular formula is C22H24F2O3. The highest BCUT2D eigenvalue weighted by molar-refractivity contribution is 6.05. The van der Waals surface area contributed by atoms with Crippen LogP contribution in [0.4, 0.5) is 8.78 Å². The molecule has 1 aromatic heterocycles. The molecule has 1 aliphatic rings. The molecule has 5 heteroatoms. The Bertz CT molecular complexity index is 963. The molecule has 27 heavy (non-hydrogen) atoms. The number of hydrogen-bond donors (Lipinski definition) is 0. The van der Waals surface area contributed by atoms with Crippen molar-refractivity contribution in [2.75, 3.05) is 6.61 Å². The second kappa shape index (κ2) is 7.47. The lowest BCUT2D eigenvalue weighted by Gasteiger charge is -2.13. The largest absolute Gasteiger partial charge is 0.462 e. The van der Waals surface area contributed by atoms with Crippen molar-refractivity contribution in [3.05, 3.63) is 41.5 Å². The molecule has 1 saturated heterocycles. The summed E-state index contributed by atoms with van der Waals surface area (Å²) in [5.41, 5.74) is 0.715. The van der Waals surface area contributed by atoms with Crippen LogP contribution in [0.2, 0.25) is 0 Å². The fraction of sp³-hybridized carbons (Fsp3) is 0.455. The molecule has 0 N–H and O–H groups in total. The van der Waals surface area contributed by atoms with E-state index in [9.17, 15) is 8.78 Å². The molecule has 1 aliphatic heterocycles. The van der Waals surface area contributed by atoms with Gasteiger partial charge in [0.2, 0.25) is 5.82 Å². The Morgan fingerprint density at radius 3 is 2.48 bits per heavy atom. The summed E-state index contributed by atoms with van der Waals surface area (Å²) < 4.78 is 46.6. The zero-order valence-corrected chi connectivity index (χ0v) is 15.7. The summed E-state index contributed by atoms with van der Waals surface area (Å²) in [6.07, 6.45) is 3.91. The highest BCUT2D eigenvalue weighted by atomic mass is 19.1. The Balaban J connectivity index is 1.67. The van der Waals surface area contributed by atoms with Crippen LogP contribution in [-0.4, -0.2) is 12.9 Å². The predicted octanol–water partition coefficient (Wildman–Crippen LogP) is 6.36. The first-order valence-corrected chi connectivity index (χ1v) is 9.72. The van der Waals surface area contributed by atoms with Crippen molar-refractivity contribution in [3.8, 4) is 5.75 Å². The fourth-order valence-electron chi connectivity index (χ4n) is 3.90. The normalized spacial score (nSPS) is 20.0. The molecule has 2 heterocycles. The first-order valence-electron chi connectivity index (χ1n) is 9.72. The lowest BCUT2D eigenvalue weighted by atomic mass is 10.0. The number of benzene rings is 2. The molecule has 0 radical (unpaired) electrons. The quantitative estimate of drug-likeness (QED) is 0.503. The van der Waals surface area contributed by atoms with Gasteiger partial charge in [0.25, 0.3) is 0 Å². The van der Waals surface area contributed by atoms with Crippen molar-refractivity contribution in [1.29, 1.82) is 0 Å². The maximum Gasteiger partial charge on any atom is 0.208 e. The molecule has 2 aromatic carbocycles. The van der Waals surface area contributed by atoms with Gasteiger partial charge in [-0.15, -0.1) is 0 Å². The van der Waals surface area contributed by atoms with Gasteiger partial charge in [0.05, 0.1) is 6.61 Å². The van der Waals surface area contributed by atoms with E-state index in [0.29, 0.717) is 35.3 Å². The van der Waals surface area contributed by atoms with Gasteiger partial charge in [-0.1, -0.05) is 32.8 Å². The molecule has 0 amide bonds. The van der Waals surface area contributed by atoms with Crippen LogP contribution in [0.15, 0.2) is 28.7 Å². The topological polar surface area (TPSA) is 31.6 Å². The molecule has 144 valence electrons. The minimum absolute atomic E-state index is 0.0261. The number of ether oxygens (including phenoxy) is 2. The maximum absolute atomic E-state index is 15.0. The predicted molar refractivity (Wildman–Crippen MR) is 101 cm³/mol. The molecule has 1 fully saturated rings. The minimum atomic E-state index is -0.609. The SMILES string of the molecule is CCCc1ccc2c(oc3c(F)c(OC4CC(CCC)CO4)ccc32)c1F. The smallest absolute Gasteiger partial charge is 0.208 e. The van der Waals surface area contributed by atoms with E-state index in [2.05, 4.69) is 6.92 Å². The number of fused-ring (bicyclic) bond motifs is 3. The molecule has 0 bridgehead atoms. The fourth-order valence-corrected chi connectivity index (χ4v) is 3.90. The van der Waals surface area contributed by atoms with Gasteiger partial charge in [0.1, 0.15) is 0 Å². The standard InChI is InChI=1S/C22H24F2O3/c1-3-5-13-11-18(25-12-13)26-17-10-9-16-15-8-7-14(6-4-2)19(23)21(15)27-22(16)20(17)24/h7-10,13,18H,3-6,11-12H2,1-2H3. The maximum atomic E-state index is 15.0. The second-order valence-electron chi connectivity index (χ2n) is 7.29. The van der Waals surface area contributed by atoms with Gasteiger partial charge < -0.3 is 13.9 Å². The van der Waals surface area contributed by atoms with Gasteiger partial charge in [-0.25, -0.2) is 4.39 Å². The Morgan fingerprint density at radius 2 is 1.74 bits per heavy atom. The van der Waals surface area contributed by atoms with Crippen LogP contribution >= 0.6 is 0 Å². The van der Waals surface area contributed by atoms with E-state index in [0.717, 1.165) is 25.7 Å². The zero-order chi connectivity index (χ0) is 19.0. The average Bonchev–Trinajstić information content (AvgIpc) is 3.25. The van der Waals surface area contributed by atoms with Crippen LogP contribution in [-0.2, 0) is 11.2 Å². The molecule has 2 atom stereocenters. The minimum Gasteiger partial charge on any atom is -0.462 e. The van der Waals surface area contributed by atoms with Crippen molar-refractivity contribution in [3.63, 3.8) is 0 Å². The summed E-state index contributed by atoms with van der Waals surface area (Å²) >= 11 is 0. The van der Waals surface area contributed by atoms with Gasteiger partial charge in [0, 0.05) is 17.2 Å². The highest BCUT2D eigenvalue weighted by Gasteiger charge is 2.28. The van der Waals surface area contributed by atoms with Gasteiger partial charge in [-0.3, -0.25) is 0 Å². The van der Waals surface area contributed by atoms with Gasteiger partial charge >= 0.3 is 0 Å². The molecule has 0 spiro atoms. The van der Waals surface area contributed by atoms with E-state index >= 15 is 0 Å². The Hall–Kier alpha value is -2.14. The third kappa shape index (κ3) is 3.29. The molecule has 3 aromatic rings. The highest BCUT2D eigenvalue weighted by Crippen LogP contribution is 2.37. The number of hydrogen-bond acceptors (Lipinski definition) is 3. The monoisotopic (exact) mass is 374 g/mol. The van der Waals surface area contributed by atoms with Crippen LogP contribution in [0.1, 0.15) is 45.1 Å². The third-order valence-corrected chi connectivity index (χ3v) is 5.25. The van der Waals surface area contributed by atoms with E-state index in [1.54, 1.807) is 24.3 Å². The van der Waals surface area contributed by atoms with Crippen molar-refractivity contribution in [1.82, 2.24) is 0 Å². The average molecular weight is 374 g/mol. The summed E-state index contributed by atoms with van der Waals surface area (Å²) in [5.74, 6) is -0.487. The van der Waals surface area contributed by atoms with Gasteiger partial charge in [-0.05, 0) is 42.5 Å². The van der Waals surface area contributed by atoms with Crippen molar-refractivity contribution in [2.24, 2.45) is 5.92 Å². The first-order chi connectivity index (χ1) is 13.1. The molecule has 0 saturated carbocycles. The second-order valence-corrected chi connectivity index (χ2v) is 7.29. The molecule has 0 aliphatic carbocycles. The van der Waals surface area contributed by atoms with Gasteiger partial charge in [0.15, 0.2) is 29.0 Å². The van der Waals surface area contributed by atoms with Crippen LogP contribution in [0.25, 0.3) is 21.9 Å². The first kappa shape index (κ1) is 18.2. The van der Waals surface area contributed by atoms with Crippen molar-refractivity contribution < 1.29 is 22.7 Å². The summed E-state index contributed by atoms with van der Waals surface area (Å²) in [7, 11) is 0. The molecule has 3 nitrogen and oxygen atoms in total.